The van der Waals surface area contributed by atoms with Crippen LogP contribution < -0.4 is 10.4 Å². The van der Waals surface area contributed by atoms with Crippen LogP contribution in [0.2, 0.25) is 0 Å². The molecule has 0 bridgehead atoms. The third-order valence-corrected chi connectivity index (χ3v) is 4.78. The highest BCUT2D eigenvalue weighted by Gasteiger charge is 2.08. The van der Waals surface area contributed by atoms with Gasteiger partial charge < -0.3 is 0 Å². The Balaban J connectivity index is 2.30. The van der Waals surface area contributed by atoms with Gasteiger partial charge in [0.05, 0.1) is 0 Å². The van der Waals surface area contributed by atoms with Crippen molar-refractivity contribution in [1.29, 1.82) is 0 Å². The highest BCUT2D eigenvalue weighted by molar-refractivity contribution is 6.86. The molecule has 2 rings (SSSR count). The van der Waals surface area contributed by atoms with E-state index in [-0.39, 0.29) is 0 Å². The standard InChI is InChI=1S/C13H13Si/c1-14(12-8-4-2-5-9-12)13-10-6-3-7-11-13/h2-11,14H,1H2. The molecule has 69 valence electrons. The monoisotopic (exact) mass is 197 g/mol. The second kappa shape index (κ2) is 4.25. The summed E-state index contributed by atoms with van der Waals surface area (Å²) in [5, 5.41) is 2.80. The highest BCUT2D eigenvalue weighted by atomic mass is 28.3. The topological polar surface area (TPSA) is 0 Å². The summed E-state index contributed by atoms with van der Waals surface area (Å²) in [7, 11) is -1.17. The van der Waals surface area contributed by atoms with Gasteiger partial charge in [-0.05, 0) is 0 Å². The van der Waals surface area contributed by atoms with E-state index < -0.39 is 8.80 Å². The van der Waals surface area contributed by atoms with E-state index in [4.69, 9.17) is 0 Å². The van der Waals surface area contributed by atoms with E-state index in [1.165, 1.54) is 10.4 Å². The summed E-state index contributed by atoms with van der Waals surface area (Å²) < 4.78 is 0. The third-order valence-electron chi connectivity index (χ3n) is 2.40. The van der Waals surface area contributed by atoms with Crippen molar-refractivity contribution in [3.63, 3.8) is 0 Å². The predicted octanol–water partition coefficient (Wildman–Crippen LogP) is 1.40. The van der Waals surface area contributed by atoms with Crippen molar-refractivity contribution in [3.8, 4) is 0 Å². The zero-order valence-corrected chi connectivity index (χ0v) is 9.21. The molecule has 1 radical (unpaired) electrons. The number of hydrogen-bond acceptors (Lipinski definition) is 0. The molecule has 0 nitrogen and oxygen atoms in total. The van der Waals surface area contributed by atoms with Crippen LogP contribution in [0.5, 0.6) is 0 Å². The van der Waals surface area contributed by atoms with Crippen LogP contribution in [0.25, 0.3) is 0 Å². The fraction of sp³-hybridized carbons (Fsp3) is 0. The van der Waals surface area contributed by atoms with Crippen molar-refractivity contribution in [2.24, 2.45) is 0 Å². The van der Waals surface area contributed by atoms with Crippen LogP contribution in [-0.2, 0) is 0 Å². The van der Waals surface area contributed by atoms with Crippen molar-refractivity contribution < 1.29 is 0 Å². The Morgan fingerprint density at radius 2 is 1.00 bits per heavy atom. The van der Waals surface area contributed by atoms with Gasteiger partial charge >= 0.3 is 0 Å². The van der Waals surface area contributed by atoms with Crippen molar-refractivity contribution in [2.45, 2.75) is 0 Å². The van der Waals surface area contributed by atoms with E-state index >= 15 is 0 Å². The Morgan fingerprint density at radius 1 is 0.643 bits per heavy atom. The van der Waals surface area contributed by atoms with E-state index in [1.54, 1.807) is 0 Å². The van der Waals surface area contributed by atoms with Crippen LogP contribution in [0.4, 0.5) is 0 Å². The Labute approximate surface area is 86.8 Å². The van der Waals surface area contributed by atoms with Gasteiger partial charge in [-0.3, -0.25) is 0 Å². The lowest BCUT2D eigenvalue weighted by Crippen LogP contribution is -2.39. The molecule has 14 heavy (non-hydrogen) atoms. The fourth-order valence-electron chi connectivity index (χ4n) is 1.56. The summed E-state index contributed by atoms with van der Waals surface area (Å²) in [4.78, 5) is 0. The highest BCUT2D eigenvalue weighted by Crippen LogP contribution is 1.90. The lowest BCUT2D eigenvalue weighted by molar-refractivity contribution is 1.73. The summed E-state index contributed by atoms with van der Waals surface area (Å²) in [6, 6.07) is 21.2. The molecule has 0 atom stereocenters. The van der Waals surface area contributed by atoms with Gasteiger partial charge in [0.15, 0.2) is 0 Å². The minimum Gasteiger partial charge on any atom is -0.0629 e. The van der Waals surface area contributed by atoms with Gasteiger partial charge in [-0.25, -0.2) is 0 Å². The minimum absolute atomic E-state index is 1.17. The average Bonchev–Trinajstić information content (AvgIpc) is 2.30. The van der Waals surface area contributed by atoms with Crippen molar-refractivity contribution in [3.05, 3.63) is 67.2 Å². The molecule has 0 saturated heterocycles. The minimum atomic E-state index is -1.17. The SMILES string of the molecule is [CH2][SiH](c1ccccc1)c1ccccc1. The number of benzene rings is 2. The predicted molar refractivity (Wildman–Crippen MR) is 64.7 cm³/mol. The fourth-order valence-corrected chi connectivity index (χ4v) is 3.32. The van der Waals surface area contributed by atoms with Crippen LogP contribution in [-0.4, -0.2) is 8.80 Å². The van der Waals surface area contributed by atoms with Gasteiger partial charge in [0.2, 0.25) is 0 Å². The average molecular weight is 197 g/mol. The molecule has 0 aliphatic carbocycles. The summed E-state index contributed by atoms with van der Waals surface area (Å²) in [6.45, 7) is 4.32. The molecule has 0 aliphatic rings. The lowest BCUT2D eigenvalue weighted by atomic mass is 10.4. The zero-order chi connectivity index (χ0) is 9.80. The van der Waals surface area contributed by atoms with E-state index in [9.17, 15) is 0 Å². The van der Waals surface area contributed by atoms with Crippen molar-refractivity contribution in [1.82, 2.24) is 0 Å². The second-order valence-corrected chi connectivity index (χ2v) is 5.81. The molecule has 0 unspecified atom stereocenters. The first-order valence-corrected chi connectivity index (χ1v) is 6.78. The molecular formula is C13H13Si. The Hall–Kier alpha value is -1.34. The van der Waals surface area contributed by atoms with E-state index in [2.05, 4.69) is 67.2 Å². The molecule has 0 amide bonds. The van der Waals surface area contributed by atoms with Gasteiger partial charge in [-0.15, -0.1) is 0 Å². The van der Waals surface area contributed by atoms with Gasteiger partial charge in [0.25, 0.3) is 0 Å². The summed E-state index contributed by atoms with van der Waals surface area (Å²) in [5.41, 5.74) is 0. The molecule has 0 aromatic heterocycles. The summed E-state index contributed by atoms with van der Waals surface area (Å²) >= 11 is 0. The maximum Gasteiger partial charge on any atom is 0.102 e. The van der Waals surface area contributed by atoms with E-state index in [1.807, 2.05) is 0 Å². The molecule has 0 saturated carbocycles. The van der Waals surface area contributed by atoms with Crippen molar-refractivity contribution in [2.75, 3.05) is 0 Å². The van der Waals surface area contributed by atoms with Gasteiger partial charge in [0.1, 0.15) is 8.80 Å². The Kier molecular flexibility index (Phi) is 2.80. The molecule has 1 heteroatoms. The molecule has 2 aromatic rings. The van der Waals surface area contributed by atoms with Crippen LogP contribution >= 0.6 is 0 Å². The molecule has 2 aromatic carbocycles. The lowest BCUT2D eigenvalue weighted by Gasteiger charge is -2.09. The van der Waals surface area contributed by atoms with Crippen LogP contribution in [0.3, 0.4) is 0 Å². The first-order chi connectivity index (χ1) is 6.88. The molecule has 0 heterocycles. The molecular weight excluding hydrogens is 184 g/mol. The molecule has 0 fully saturated rings. The van der Waals surface area contributed by atoms with E-state index in [0.29, 0.717) is 0 Å². The number of rotatable bonds is 2. The van der Waals surface area contributed by atoms with E-state index in [0.717, 1.165) is 0 Å². The first-order valence-electron chi connectivity index (χ1n) is 4.81. The quantitative estimate of drug-likeness (QED) is 0.638. The second-order valence-electron chi connectivity index (χ2n) is 3.37. The molecule has 0 N–H and O–H groups in total. The maximum atomic E-state index is 4.32. The normalized spacial score (nSPS) is 10.4. The smallest absolute Gasteiger partial charge is 0.0629 e. The first kappa shape index (κ1) is 9.22. The van der Waals surface area contributed by atoms with Crippen LogP contribution in [0.1, 0.15) is 0 Å². The van der Waals surface area contributed by atoms with Gasteiger partial charge in [-0.2, -0.15) is 0 Å². The summed E-state index contributed by atoms with van der Waals surface area (Å²) in [5.74, 6) is 0. The van der Waals surface area contributed by atoms with Crippen LogP contribution in [0.15, 0.2) is 60.7 Å². The maximum absolute atomic E-state index is 4.32. The summed E-state index contributed by atoms with van der Waals surface area (Å²) in [6.07, 6.45) is 0. The Morgan fingerprint density at radius 3 is 1.36 bits per heavy atom. The Bertz CT molecular complexity index is 341. The van der Waals surface area contributed by atoms with Gasteiger partial charge in [-0.1, -0.05) is 77.6 Å². The van der Waals surface area contributed by atoms with Crippen LogP contribution in [0, 0.1) is 6.55 Å². The third kappa shape index (κ3) is 1.94. The van der Waals surface area contributed by atoms with Gasteiger partial charge in [0, 0.05) is 0 Å². The molecule has 0 spiro atoms. The largest absolute Gasteiger partial charge is 0.102 e. The zero-order valence-electron chi connectivity index (χ0n) is 8.06. The van der Waals surface area contributed by atoms with Crippen molar-refractivity contribution >= 4 is 19.2 Å². The number of hydrogen-bond donors (Lipinski definition) is 0. The molecule has 0 aliphatic heterocycles.